The number of thiazole rings is 1. The van der Waals surface area contributed by atoms with Gasteiger partial charge in [-0.15, -0.1) is 11.3 Å². The van der Waals surface area contributed by atoms with Gasteiger partial charge in [0.25, 0.3) is 10.0 Å². The molecular weight excluding hydrogens is 430 g/mol. The van der Waals surface area contributed by atoms with Crippen molar-refractivity contribution in [3.63, 3.8) is 0 Å². The summed E-state index contributed by atoms with van der Waals surface area (Å²) in [5.41, 5.74) is 1.48. The van der Waals surface area contributed by atoms with Crippen LogP contribution in [0.5, 0.6) is 0 Å². The van der Waals surface area contributed by atoms with Gasteiger partial charge in [0.1, 0.15) is 0 Å². The summed E-state index contributed by atoms with van der Waals surface area (Å²) in [6.07, 6.45) is 1.05. The molecule has 2 aromatic carbocycles. The minimum atomic E-state index is -3.88. The number of sulfonamides is 1. The van der Waals surface area contributed by atoms with Crippen molar-refractivity contribution in [3.8, 4) is 0 Å². The first-order chi connectivity index (χ1) is 13.8. The molecule has 10 heteroatoms. The average Bonchev–Trinajstić information content (AvgIpc) is 3.07. The van der Waals surface area contributed by atoms with Gasteiger partial charge >= 0.3 is 0 Å². The highest BCUT2D eigenvalue weighted by molar-refractivity contribution is 8.01. The van der Waals surface area contributed by atoms with E-state index < -0.39 is 15.9 Å². The minimum Gasteiger partial charge on any atom is -0.326 e. The minimum absolute atomic E-state index is 0.0436. The van der Waals surface area contributed by atoms with E-state index in [-0.39, 0.29) is 10.8 Å². The van der Waals surface area contributed by atoms with Crippen molar-refractivity contribution in [2.45, 2.75) is 29.0 Å². The van der Waals surface area contributed by atoms with Crippen LogP contribution in [0.1, 0.15) is 19.8 Å². The van der Waals surface area contributed by atoms with E-state index in [0.717, 1.165) is 27.2 Å². The Kier molecular flexibility index (Phi) is 6.88. The molecule has 29 heavy (non-hydrogen) atoms. The van der Waals surface area contributed by atoms with Gasteiger partial charge in [0, 0.05) is 24.8 Å². The molecular formula is C19H19N3O4S3. The fraction of sp³-hybridized carbons (Fsp3) is 0.211. The number of thioether (sulfide) groups is 1. The lowest BCUT2D eigenvalue weighted by Crippen LogP contribution is -2.28. The number of hydrogen-bond donors (Lipinski definition) is 2. The first kappa shape index (κ1) is 21.3. The Morgan fingerprint density at radius 2 is 1.83 bits per heavy atom. The van der Waals surface area contributed by atoms with Crippen molar-refractivity contribution < 1.29 is 18.0 Å². The Morgan fingerprint density at radius 1 is 1.10 bits per heavy atom. The molecule has 0 saturated carbocycles. The predicted molar refractivity (Wildman–Crippen MR) is 116 cm³/mol. The second-order valence-corrected chi connectivity index (χ2v) is 10.2. The number of carbonyl (C=O) groups is 2. The molecule has 0 saturated heterocycles. The second kappa shape index (κ2) is 9.38. The number of rotatable bonds is 8. The SMILES string of the molecule is CC(=O)NS(=O)(=O)c1ccc(NC(=O)CCCSc2nc3ccccc3s2)cc1. The molecule has 1 aromatic heterocycles. The molecule has 0 bridgehead atoms. The normalized spacial score (nSPS) is 11.3. The number of benzene rings is 2. The lowest BCUT2D eigenvalue weighted by molar-refractivity contribution is -0.117. The fourth-order valence-electron chi connectivity index (χ4n) is 2.49. The van der Waals surface area contributed by atoms with Gasteiger partial charge in [-0.2, -0.15) is 0 Å². The number of nitrogens with one attached hydrogen (secondary N) is 2. The molecule has 2 amide bonds. The van der Waals surface area contributed by atoms with Gasteiger partial charge in [0.2, 0.25) is 11.8 Å². The van der Waals surface area contributed by atoms with Gasteiger partial charge in [-0.3, -0.25) is 9.59 Å². The summed E-state index contributed by atoms with van der Waals surface area (Å²) in [5.74, 6) is -0.0281. The Morgan fingerprint density at radius 3 is 2.52 bits per heavy atom. The van der Waals surface area contributed by atoms with Gasteiger partial charge in [-0.05, 0) is 42.8 Å². The molecule has 1 heterocycles. The van der Waals surface area contributed by atoms with E-state index in [1.54, 1.807) is 23.1 Å². The zero-order valence-electron chi connectivity index (χ0n) is 15.5. The van der Waals surface area contributed by atoms with Gasteiger partial charge in [0.15, 0.2) is 4.34 Å². The molecule has 3 aromatic rings. The average molecular weight is 450 g/mol. The summed E-state index contributed by atoms with van der Waals surface area (Å²) in [4.78, 5) is 27.5. The van der Waals surface area contributed by atoms with Crippen LogP contribution in [0.25, 0.3) is 10.2 Å². The van der Waals surface area contributed by atoms with Crippen molar-refractivity contribution in [2.75, 3.05) is 11.1 Å². The third kappa shape index (κ3) is 6.02. The summed E-state index contributed by atoms with van der Waals surface area (Å²) in [7, 11) is -3.88. The van der Waals surface area contributed by atoms with Crippen LogP contribution >= 0.6 is 23.1 Å². The maximum Gasteiger partial charge on any atom is 0.264 e. The Balaban J connectivity index is 1.45. The molecule has 0 unspecified atom stereocenters. The van der Waals surface area contributed by atoms with Crippen molar-refractivity contribution in [1.29, 1.82) is 0 Å². The molecule has 3 rings (SSSR count). The van der Waals surface area contributed by atoms with Crippen LogP contribution in [0.2, 0.25) is 0 Å². The number of hydrogen-bond acceptors (Lipinski definition) is 7. The fourth-order valence-corrected chi connectivity index (χ4v) is 5.56. The molecule has 0 radical (unpaired) electrons. The first-order valence-electron chi connectivity index (χ1n) is 8.75. The number of amides is 2. The molecule has 2 N–H and O–H groups in total. The zero-order chi connectivity index (χ0) is 20.9. The quantitative estimate of drug-likeness (QED) is 0.402. The van der Waals surface area contributed by atoms with E-state index in [4.69, 9.17) is 0 Å². The highest BCUT2D eigenvalue weighted by Gasteiger charge is 2.15. The van der Waals surface area contributed by atoms with Crippen LogP contribution in [0, 0.1) is 0 Å². The van der Waals surface area contributed by atoms with E-state index in [1.807, 2.05) is 29.0 Å². The summed E-state index contributed by atoms with van der Waals surface area (Å²) >= 11 is 3.27. The van der Waals surface area contributed by atoms with E-state index in [9.17, 15) is 18.0 Å². The van der Waals surface area contributed by atoms with E-state index in [2.05, 4.69) is 10.3 Å². The maximum atomic E-state index is 12.1. The van der Waals surface area contributed by atoms with Gasteiger partial charge in [0.05, 0.1) is 15.1 Å². The number of aromatic nitrogens is 1. The standard InChI is InChI=1S/C19H19N3O4S3/c1-13(23)22-29(25,26)15-10-8-14(9-11-15)20-18(24)7-4-12-27-19-21-16-5-2-3-6-17(16)28-19/h2-3,5-6,8-11H,4,7,12H2,1H3,(H,20,24)(H,22,23). The molecule has 0 atom stereocenters. The van der Waals surface area contributed by atoms with Gasteiger partial charge in [-0.25, -0.2) is 18.1 Å². The molecule has 0 spiro atoms. The summed E-state index contributed by atoms with van der Waals surface area (Å²) < 4.78 is 27.8. The largest absolute Gasteiger partial charge is 0.326 e. The molecule has 0 aliphatic heterocycles. The van der Waals surface area contributed by atoms with Crippen LogP contribution in [0.4, 0.5) is 5.69 Å². The predicted octanol–water partition coefficient (Wildman–Crippen LogP) is 3.63. The molecule has 7 nitrogen and oxygen atoms in total. The number of fused-ring (bicyclic) bond motifs is 1. The van der Waals surface area contributed by atoms with Crippen molar-refractivity contribution in [2.24, 2.45) is 0 Å². The Hall–Kier alpha value is -2.43. The first-order valence-corrected chi connectivity index (χ1v) is 12.0. The topological polar surface area (TPSA) is 105 Å². The highest BCUT2D eigenvalue weighted by atomic mass is 32.2. The second-order valence-electron chi connectivity index (χ2n) is 6.13. The number of carbonyl (C=O) groups excluding carboxylic acids is 2. The van der Waals surface area contributed by atoms with Crippen LogP contribution in [0.3, 0.4) is 0 Å². The van der Waals surface area contributed by atoms with Crippen molar-refractivity contribution >= 4 is 60.8 Å². The summed E-state index contributed by atoms with van der Waals surface area (Å²) in [6, 6.07) is 13.6. The van der Waals surface area contributed by atoms with E-state index in [0.29, 0.717) is 18.5 Å². The smallest absolute Gasteiger partial charge is 0.264 e. The maximum absolute atomic E-state index is 12.1. The van der Waals surface area contributed by atoms with Crippen LogP contribution in [-0.4, -0.2) is 31.0 Å². The van der Waals surface area contributed by atoms with Crippen molar-refractivity contribution in [1.82, 2.24) is 9.71 Å². The lowest BCUT2D eigenvalue weighted by Gasteiger charge is -2.07. The number of anilines is 1. The molecule has 0 aliphatic rings. The number of nitrogens with zero attached hydrogens (tertiary/aromatic N) is 1. The zero-order valence-corrected chi connectivity index (χ0v) is 18.0. The third-order valence-electron chi connectivity index (χ3n) is 3.77. The van der Waals surface area contributed by atoms with Crippen LogP contribution in [-0.2, 0) is 19.6 Å². The van der Waals surface area contributed by atoms with Crippen LogP contribution < -0.4 is 10.0 Å². The molecule has 0 fully saturated rings. The monoisotopic (exact) mass is 449 g/mol. The van der Waals surface area contributed by atoms with E-state index in [1.165, 1.54) is 24.3 Å². The van der Waals surface area contributed by atoms with E-state index >= 15 is 0 Å². The number of para-hydroxylation sites is 1. The molecule has 0 aliphatic carbocycles. The Labute approximate surface area is 177 Å². The summed E-state index contributed by atoms with van der Waals surface area (Å²) in [5, 5.41) is 2.74. The van der Waals surface area contributed by atoms with Crippen molar-refractivity contribution in [3.05, 3.63) is 48.5 Å². The lowest BCUT2D eigenvalue weighted by atomic mass is 10.3. The summed E-state index contributed by atoms with van der Waals surface area (Å²) in [6.45, 7) is 1.13. The van der Waals surface area contributed by atoms with Gasteiger partial charge < -0.3 is 5.32 Å². The molecule has 152 valence electrons. The highest BCUT2D eigenvalue weighted by Crippen LogP contribution is 2.29. The van der Waals surface area contributed by atoms with Gasteiger partial charge in [-0.1, -0.05) is 23.9 Å². The Bertz CT molecular complexity index is 1090. The van der Waals surface area contributed by atoms with Crippen LogP contribution in [0.15, 0.2) is 57.8 Å². The third-order valence-corrected chi connectivity index (χ3v) is 7.49.